The highest BCUT2D eigenvalue weighted by Crippen LogP contribution is 2.13. The number of amides is 1. The van der Waals surface area contributed by atoms with Crippen molar-refractivity contribution in [1.29, 1.82) is 0 Å². The molecular formula is C11H11NO4. The van der Waals surface area contributed by atoms with Gasteiger partial charge in [-0.2, -0.15) is 0 Å². The van der Waals surface area contributed by atoms with Crippen LogP contribution in [0.15, 0.2) is 34.5 Å². The van der Waals surface area contributed by atoms with Gasteiger partial charge in [0.15, 0.2) is 5.76 Å². The molecule has 0 saturated carbocycles. The van der Waals surface area contributed by atoms with E-state index >= 15 is 0 Å². The van der Waals surface area contributed by atoms with Gasteiger partial charge in [-0.1, -0.05) is 6.08 Å². The number of carbonyl (C=O) groups excluding carboxylic acids is 1. The SMILES string of the molecule is O=C(O)C1=CCCN(C(=O)c2ccco2)C1. The lowest BCUT2D eigenvalue weighted by Gasteiger charge is -2.24. The molecule has 0 aromatic carbocycles. The number of carboxylic acids is 1. The third-order valence-electron chi connectivity index (χ3n) is 2.44. The lowest BCUT2D eigenvalue weighted by atomic mass is 10.1. The number of carbonyl (C=O) groups is 2. The van der Waals surface area contributed by atoms with Crippen LogP contribution in [0.3, 0.4) is 0 Å². The predicted octanol–water partition coefficient (Wildman–Crippen LogP) is 1.14. The molecular weight excluding hydrogens is 210 g/mol. The summed E-state index contributed by atoms with van der Waals surface area (Å²) in [6, 6.07) is 3.20. The Hall–Kier alpha value is -2.04. The van der Waals surface area contributed by atoms with Crippen LogP contribution in [0.4, 0.5) is 0 Å². The van der Waals surface area contributed by atoms with Gasteiger partial charge in [-0.3, -0.25) is 4.79 Å². The quantitative estimate of drug-likeness (QED) is 0.812. The average molecular weight is 221 g/mol. The predicted molar refractivity (Wildman–Crippen MR) is 54.9 cm³/mol. The highest BCUT2D eigenvalue weighted by Gasteiger charge is 2.23. The number of furan rings is 1. The van der Waals surface area contributed by atoms with Crippen molar-refractivity contribution in [2.75, 3.05) is 13.1 Å². The van der Waals surface area contributed by atoms with Crippen molar-refractivity contribution in [3.63, 3.8) is 0 Å². The Kier molecular flexibility index (Phi) is 2.76. The van der Waals surface area contributed by atoms with Crippen molar-refractivity contribution in [1.82, 2.24) is 4.90 Å². The fourth-order valence-corrected chi connectivity index (χ4v) is 1.63. The van der Waals surface area contributed by atoms with Crippen LogP contribution in [0.1, 0.15) is 17.0 Å². The molecule has 2 rings (SSSR count). The summed E-state index contributed by atoms with van der Waals surface area (Å²) < 4.78 is 4.99. The van der Waals surface area contributed by atoms with Crippen LogP contribution in [-0.2, 0) is 4.79 Å². The average Bonchev–Trinajstić information content (AvgIpc) is 2.81. The van der Waals surface area contributed by atoms with Crippen LogP contribution in [0.2, 0.25) is 0 Å². The molecule has 0 bridgehead atoms. The minimum atomic E-state index is -0.975. The van der Waals surface area contributed by atoms with E-state index in [2.05, 4.69) is 0 Å². The zero-order valence-electron chi connectivity index (χ0n) is 8.55. The third kappa shape index (κ3) is 1.98. The molecule has 0 aliphatic carbocycles. The molecule has 5 heteroatoms. The second-order valence-corrected chi connectivity index (χ2v) is 3.53. The van der Waals surface area contributed by atoms with Crippen LogP contribution >= 0.6 is 0 Å². The van der Waals surface area contributed by atoms with Gasteiger partial charge in [0, 0.05) is 6.54 Å². The van der Waals surface area contributed by atoms with Gasteiger partial charge >= 0.3 is 5.97 Å². The second-order valence-electron chi connectivity index (χ2n) is 3.53. The van der Waals surface area contributed by atoms with Crippen molar-refractivity contribution in [2.45, 2.75) is 6.42 Å². The fourth-order valence-electron chi connectivity index (χ4n) is 1.63. The Morgan fingerprint density at radius 2 is 2.25 bits per heavy atom. The zero-order valence-corrected chi connectivity index (χ0v) is 8.55. The van der Waals surface area contributed by atoms with Crippen molar-refractivity contribution in [3.05, 3.63) is 35.8 Å². The molecule has 1 N–H and O–H groups in total. The van der Waals surface area contributed by atoms with Gasteiger partial charge in [0.2, 0.25) is 0 Å². The van der Waals surface area contributed by atoms with E-state index in [1.165, 1.54) is 11.2 Å². The highest BCUT2D eigenvalue weighted by atomic mass is 16.4. The van der Waals surface area contributed by atoms with E-state index < -0.39 is 5.97 Å². The molecule has 0 saturated heterocycles. The molecule has 0 spiro atoms. The summed E-state index contributed by atoms with van der Waals surface area (Å²) in [5, 5.41) is 8.84. The van der Waals surface area contributed by atoms with E-state index in [0.717, 1.165) is 0 Å². The van der Waals surface area contributed by atoms with E-state index in [0.29, 0.717) is 13.0 Å². The van der Waals surface area contributed by atoms with E-state index in [4.69, 9.17) is 9.52 Å². The first-order valence-corrected chi connectivity index (χ1v) is 4.93. The van der Waals surface area contributed by atoms with Gasteiger partial charge in [-0.15, -0.1) is 0 Å². The van der Waals surface area contributed by atoms with Crippen LogP contribution in [0, 0.1) is 0 Å². The molecule has 0 unspecified atom stereocenters. The standard InChI is InChI=1S/C11H11NO4/c13-10(9-4-2-6-16-9)12-5-1-3-8(7-12)11(14)15/h2-4,6H,1,5,7H2,(H,14,15). The van der Waals surface area contributed by atoms with Crippen molar-refractivity contribution in [2.24, 2.45) is 0 Å². The van der Waals surface area contributed by atoms with Gasteiger partial charge in [-0.25, -0.2) is 4.79 Å². The number of rotatable bonds is 2. The molecule has 1 aliphatic heterocycles. The summed E-state index contributed by atoms with van der Waals surface area (Å²) in [5.74, 6) is -1.000. The zero-order chi connectivity index (χ0) is 11.5. The molecule has 1 aromatic heterocycles. The summed E-state index contributed by atoms with van der Waals surface area (Å²) >= 11 is 0. The summed E-state index contributed by atoms with van der Waals surface area (Å²) in [7, 11) is 0. The van der Waals surface area contributed by atoms with Crippen molar-refractivity contribution >= 4 is 11.9 Å². The molecule has 0 fully saturated rings. The number of carboxylic acid groups (broad SMARTS) is 1. The largest absolute Gasteiger partial charge is 0.478 e. The van der Waals surface area contributed by atoms with Gasteiger partial charge in [0.05, 0.1) is 18.4 Å². The smallest absolute Gasteiger partial charge is 0.333 e. The van der Waals surface area contributed by atoms with E-state index in [1.54, 1.807) is 18.2 Å². The van der Waals surface area contributed by atoms with Gasteiger partial charge in [0.25, 0.3) is 5.91 Å². The first kappa shape index (κ1) is 10.5. The lowest BCUT2D eigenvalue weighted by molar-refractivity contribution is -0.133. The molecule has 1 amide bonds. The molecule has 1 aromatic rings. The minimum Gasteiger partial charge on any atom is -0.478 e. The first-order chi connectivity index (χ1) is 7.68. The Morgan fingerprint density at radius 1 is 1.44 bits per heavy atom. The molecule has 16 heavy (non-hydrogen) atoms. The number of aliphatic carboxylic acids is 1. The normalized spacial score (nSPS) is 15.8. The number of hydrogen-bond donors (Lipinski definition) is 1. The third-order valence-corrected chi connectivity index (χ3v) is 2.44. The highest BCUT2D eigenvalue weighted by molar-refractivity contribution is 5.94. The van der Waals surface area contributed by atoms with Crippen molar-refractivity contribution in [3.8, 4) is 0 Å². The Bertz CT molecular complexity index is 433. The Morgan fingerprint density at radius 3 is 2.88 bits per heavy atom. The molecule has 2 heterocycles. The van der Waals surface area contributed by atoms with Gasteiger partial charge < -0.3 is 14.4 Å². The summed E-state index contributed by atoms with van der Waals surface area (Å²) in [6.45, 7) is 0.658. The second kappa shape index (κ2) is 4.22. The van der Waals surface area contributed by atoms with Crippen LogP contribution in [-0.4, -0.2) is 35.0 Å². The minimum absolute atomic E-state index is 0.134. The van der Waals surface area contributed by atoms with Crippen molar-refractivity contribution < 1.29 is 19.1 Å². The van der Waals surface area contributed by atoms with Gasteiger partial charge in [-0.05, 0) is 18.6 Å². The Labute approximate surface area is 92.0 Å². The molecule has 5 nitrogen and oxygen atoms in total. The van der Waals surface area contributed by atoms with Gasteiger partial charge in [0.1, 0.15) is 0 Å². The molecule has 1 aliphatic rings. The van der Waals surface area contributed by atoms with Crippen LogP contribution < -0.4 is 0 Å². The monoisotopic (exact) mass is 221 g/mol. The van der Waals surface area contributed by atoms with E-state index in [1.807, 2.05) is 0 Å². The maximum atomic E-state index is 11.8. The fraction of sp³-hybridized carbons (Fsp3) is 0.273. The first-order valence-electron chi connectivity index (χ1n) is 4.93. The molecule has 0 radical (unpaired) electrons. The number of hydrogen-bond acceptors (Lipinski definition) is 3. The number of nitrogens with zero attached hydrogens (tertiary/aromatic N) is 1. The maximum Gasteiger partial charge on any atom is 0.333 e. The van der Waals surface area contributed by atoms with Crippen LogP contribution in [0.25, 0.3) is 0 Å². The molecule has 0 atom stereocenters. The Balaban J connectivity index is 2.10. The summed E-state index contributed by atoms with van der Waals surface area (Å²) in [6.07, 6.45) is 3.63. The summed E-state index contributed by atoms with van der Waals surface area (Å²) in [4.78, 5) is 24.1. The molecule has 84 valence electrons. The van der Waals surface area contributed by atoms with Crippen LogP contribution in [0.5, 0.6) is 0 Å². The summed E-state index contributed by atoms with van der Waals surface area (Å²) in [5.41, 5.74) is 0.256. The maximum absolute atomic E-state index is 11.8. The lowest BCUT2D eigenvalue weighted by Crippen LogP contribution is -2.37. The van der Waals surface area contributed by atoms with E-state index in [-0.39, 0.29) is 23.8 Å². The topological polar surface area (TPSA) is 70.8 Å². The van der Waals surface area contributed by atoms with E-state index in [9.17, 15) is 9.59 Å².